The molecular weight excluding hydrogens is 390 g/mol. The number of hydrogen-bond acceptors (Lipinski definition) is 6. The average molecular weight is 418 g/mol. The molecule has 1 saturated heterocycles. The molecule has 4 rings (SSSR count). The van der Waals surface area contributed by atoms with E-state index < -0.39 is 0 Å². The summed E-state index contributed by atoms with van der Waals surface area (Å²) in [5.74, 6) is -0.168. The van der Waals surface area contributed by atoms with Gasteiger partial charge in [0.15, 0.2) is 5.76 Å². The molecule has 0 aromatic carbocycles. The molecule has 1 aliphatic heterocycles. The summed E-state index contributed by atoms with van der Waals surface area (Å²) < 4.78 is 10.6. The summed E-state index contributed by atoms with van der Waals surface area (Å²) in [5, 5.41) is 6.55. The molecule has 8 heteroatoms. The lowest BCUT2D eigenvalue weighted by atomic mass is 9.79. The molecule has 0 unspecified atom stereocenters. The van der Waals surface area contributed by atoms with Crippen LogP contribution < -0.4 is 10.6 Å². The van der Waals surface area contributed by atoms with Gasteiger partial charge in [-0.1, -0.05) is 19.3 Å². The van der Waals surface area contributed by atoms with E-state index in [9.17, 15) is 9.59 Å². The lowest BCUT2D eigenvalue weighted by Crippen LogP contribution is -2.59. The van der Waals surface area contributed by atoms with Crippen molar-refractivity contribution in [1.82, 2.24) is 10.2 Å². The number of carbonyl (C=O) groups is 2. The largest absolute Gasteiger partial charge is 0.459 e. The van der Waals surface area contributed by atoms with Crippen LogP contribution in [0.4, 0.5) is 5.00 Å². The third-order valence-electron chi connectivity index (χ3n) is 5.86. The molecule has 0 atom stereocenters. The van der Waals surface area contributed by atoms with Crippen LogP contribution in [0.3, 0.4) is 0 Å². The summed E-state index contributed by atoms with van der Waals surface area (Å²) in [6.45, 7) is 4.03. The number of morpholine rings is 1. The summed E-state index contributed by atoms with van der Waals surface area (Å²) in [5.41, 5.74) is 0.0330. The number of nitrogens with zero attached hydrogens (tertiary/aromatic N) is 1. The number of ether oxygens (including phenoxy) is 1. The van der Waals surface area contributed by atoms with E-state index in [1.807, 2.05) is 0 Å². The summed E-state index contributed by atoms with van der Waals surface area (Å²) in [7, 11) is 0. The molecule has 1 aliphatic carbocycles. The molecule has 0 bridgehead atoms. The Morgan fingerprint density at radius 1 is 1.07 bits per heavy atom. The minimum absolute atomic E-state index is 0.0330. The van der Waals surface area contributed by atoms with Crippen molar-refractivity contribution in [3.63, 3.8) is 0 Å². The third-order valence-corrected chi connectivity index (χ3v) is 6.86. The molecule has 156 valence electrons. The summed E-state index contributed by atoms with van der Waals surface area (Å²) in [4.78, 5) is 28.0. The van der Waals surface area contributed by atoms with Crippen molar-refractivity contribution in [1.29, 1.82) is 0 Å². The molecule has 2 fully saturated rings. The van der Waals surface area contributed by atoms with Crippen LogP contribution in [0.15, 0.2) is 34.9 Å². The Labute approximate surface area is 174 Å². The quantitative estimate of drug-likeness (QED) is 0.753. The SMILES string of the molecule is O=C(Nc1ccc(C(=O)NCC2(N3CCOCC3)CCCCC2)s1)c1ccco1. The summed E-state index contributed by atoms with van der Waals surface area (Å²) in [6.07, 6.45) is 7.36. The van der Waals surface area contributed by atoms with Gasteiger partial charge in [0, 0.05) is 25.2 Å². The van der Waals surface area contributed by atoms with E-state index in [0.717, 1.165) is 39.1 Å². The normalized spacial score (nSPS) is 19.6. The number of rotatable bonds is 6. The van der Waals surface area contributed by atoms with Crippen molar-refractivity contribution < 1.29 is 18.7 Å². The van der Waals surface area contributed by atoms with E-state index in [1.54, 1.807) is 24.3 Å². The number of nitrogens with one attached hydrogen (secondary N) is 2. The van der Waals surface area contributed by atoms with E-state index in [-0.39, 0.29) is 23.1 Å². The molecule has 2 aliphatic rings. The third kappa shape index (κ3) is 4.71. The molecule has 1 saturated carbocycles. The second kappa shape index (κ2) is 9.11. The monoisotopic (exact) mass is 417 g/mol. The van der Waals surface area contributed by atoms with Crippen LogP contribution in [0.25, 0.3) is 0 Å². The first kappa shape index (κ1) is 20.1. The van der Waals surface area contributed by atoms with E-state index in [1.165, 1.54) is 36.9 Å². The highest BCUT2D eigenvalue weighted by atomic mass is 32.1. The Morgan fingerprint density at radius 2 is 1.86 bits per heavy atom. The maximum Gasteiger partial charge on any atom is 0.291 e. The first-order valence-electron chi connectivity index (χ1n) is 10.2. The van der Waals surface area contributed by atoms with E-state index >= 15 is 0 Å². The Hall–Kier alpha value is -2.16. The second-order valence-corrected chi connectivity index (χ2v) is 8.75. The zero-order valence-electron chi connectivity index (χ0n) is 16.4. The number of thiophene rings is 1. The van der Waals surface area contributed by atoms with Gasteiger partial charge in [-0.3, -0.25) is 14.5 Å². The van der Waals surface area contributed by atoms with Gasteiger partial charge in [0.05, 0.1) is 29.4 Å². The van der Waals surface area contributed by atoms with Crippen molar-refractivity contribution in [2.75, 3.05) is 38.2 Å². The van der Waals surface area contributed by atoms with Crippen molar-refractivity contribution in [2.24, 2.45) is 0 Å². The lowest BCUT2D eigenvalue weighted by Gasteiger charge is -2.48. The van der Waals surface area contributed by atoms with E-state index in [2.05, 4.69) is 15.5 Å². The fourth-order valence-electron chi connectivity index (χ4n) is 4.29. The molecular formula is C21H27N3O4S. The van der Waals surface area contributed by atoms with Crippen LogP contribution in [0, 0.1) is 0 Å². The maximum absolute atomic E-state index is 12.8. The Morgan fingerprint density at radius 3 is 2.59 bits per heavy atom. The number of anilines is 1. The van der Waals surface area contributed by atoms with Gasteiger partial charge in [-0.25, -0.2) is 0 Å². The van der Waals surface area contributed by atoms with E-state index in [0.29, 0.717) is 16.4 Å². The van der Waals surface area contributed by atoms with Crippen molar-refractivity contribution in [3.8, 4) is 0 Å². The standard InChI is InChI=1S/C21H27N3O4S/c25-19(16-5-4-12-28-16)23-18-7-6-17(29-18)20(26)22-15-21(8-2-1-3-9-21)24-10-13-27-14-11-24/h4-7,12H,1-3,8-11,13-15H2,(H,22,26)(H,23,25). The molecule has 2 N–H and O–H groups in total. The van der Waals surface area contributed by atoms with Crippen LogP contribution in [-0.2, 0) is 4.74 Å². The minimum atomic E-state index is -0.322. The molecule has 2 aromatic heterocycles. The predicted molar refractivity (Wildman–Crippen MR) is 112 cm³/mol. The first-order valence-corrected chi connectivity index (χ1v) is 11.0. The van der Waals surface area contributed by atoms with Crippen molar-refractivity contribution >= 4 is 28.2 Å². The molecule has 3 heterocycles. The Bertz CT molecular complexity index is 821. The van der Waals surface area contributed by atoms with Gasteiger partial charge in [-0.05, 0) is 37.1 Å². The molecule has 2 aromatic rings. The topological polar surface area (TPSA) is 83.8 Å². The molecule has 0 radical (unpaired) electrons. The van der Waals surface area contributed by atoms with Gasteiger partial charge < -0.3 is 19.8 Å². The lowest BCUT2D eigenvalue weighted by molar-refractivity contribution is -0.0361. The van der Waals surface area contributed by atoms with Gasteiger partial charge in [-0.2, -0.15) is 0 Å². The minimum Gasteiger partial charge on any atom is -0.459 e. The predicted octanol–water partition coefficient (Wildman–Crippen LogP) is 3.36. The maximum atomic E-state index is 12.8. The van der Waals surface area contributed by atoms with Crippen LogP contribution in [0.1, 0.15) is 52.3 Å². The zero-order chi connectivity index (χ0) is 20.1. The molecule has 7 nitrogen and oxygen atoms in total. The number of amides is 2. The van der Waals surface area contributed by atoms with Crippen molar-refractivity contribution in [3.05, 3.63) is 41.2 Å². The fraction of sp³-hybridized carbons (Fsp3) is 0.524. The van der Waals surface area contributed by atoms with Crippen LogP contribution in [0.2, 0.25) is 0 Å². The van der Waals surface area contributed by atoms with Gasteiger partial charge in [0.25, 0.3) is 11.8 Å². The number of furan rings is 1. The molecule has 2 amide bonds. The highest BCUT2D eigenvalue weighted by molar-refractivity contribution is 7.18. The van der Waals surface area contributed by atoms with Gasteiger partial charge in [0.2, 0.25) is 0 Å². The van der Waals surface area contributed by atoms with Gasteiger partial charge in [0.1, 0.15) is 0 Å². The van der Waals surface area contributed by atoms with Crippen LogP contribution >= 0.6 is 11.3 Å². The van der Waals surface area contributed by atoms with Crippen LogP contribution in [-0.4, -0.2) is 55.1 Å². The van der Waals surface area contributed by atoms with Gasteiger partial charge >= 0.3 is 0 Å². The fourth-order valence-corrected chi connectivity index (χ4v) is 5.11. The Balaban J connectivity index is 1.37. The average Bonchev–Trinajstić information content (AvgIpc) is 3.46. The second-order valence-electron chi connectivity index (χ2n) is 7.66. The smallest absolute Gasteiger partial charge is 0.291 e. The van der Waals surface area contributed by atoms with E-state index in [4.69, 9.17) is 9.15 Å². The first-order chi connectivity index (χ1) is 14.2. The molecule has 0 spiro atoms. The van der Waals surface area contributed by atoms with Crippen molar-refractivity contribution in [2.45, 2.75) is 37.6 Å². The number of carbonyl (C=O) groups excluding carboxylic acids is 2. The molecule has 29 heavy (non-hydrogen) atoms. The summed E-state index contributed by atoms with van der Waals surface area (Å²) >= 11 is 1.27. The highest BCUT2D eigenvalue weighted by Gasteiger charge is 2.38. The number of hydrogen-bond donors (Lipinski definition) is 2. The summed E-state index contributed by atoms with van der Waals surface area (Å²) in [6, 6.07) is 6.77. The van der Waals surface area contributed by atoms with Crippen LogP contribution in [0.5, 0.6) is 0 Å². The Kier molecular flexibility index (Phi) is 6.32. The zero-order valence-corrected chi connectivity index (χ0v) is 17.3. The highest BCUT2D eigenvalue weighted by Crippen LogP contribution is 2.34. The van der Waals surface area contributed by atoms with Gasteiger partial charge in [-0.15, -0.1) is 11.3 Å².